The number of carbonyl (C=O) groups is 4. The van der Waals surface area contributed by atoms with Crippen LogP contribution in [0.5, 0.6) is 0 Å². The zero-order valence-electron chi connectivity index (χ0n) is 18.6. The van der Waals surface area contributed by atoms with Crippen LogP contribution in [-0.2, 0) is 33.0 Å². The van der Waals surface area contributed by atoms with Crippen LogP contribution in [0.25, 0.3) is 10.4 Å². The van der Waals surface area contributed by atoms with Crippen molar-refractivity contribution in [3.8, 4) is 0 Å². The molecule has 2 amide bonds. The first-order valence-corrected chi connectivity index (χ1v) is 14.5. The molecule has 0 saturated carbocycles. The quantitative estimate of drug-likeness (QED) is 0.0259. The summed E-state index contributed by atoms with van der Waals surface area (Å²) in [7, 11) is -10.2. The number of carboxylic acid groups (broad SMARTS) is 1. The van der Waals surface area contributed by atoms with Crippen molar-refractivity contribution in [2.24, 2.45) is 5.11 Å². The Bertz CT molecular complexity index is 1110. The lowest BCUT2D eigenvalue weighted by atomic mass is 9.86. The summed E-state index contributed by atoms with van der Waals surface area (Å²) in [6.45, 7) is 0.510. The summed E-state index contributed by atoms with van der Waals surface area (Å²) in [6.07, 6.45) is -0.661. The molecule has 0 aromatic heterocycles. The van der Waals surface area contributed by atoms with E-state index < -0.39 is 74.0 Å². The molecule has 1 saturated heterocycles. The van der Waals surface area contributed by atoms with Crippen LogP contribution in [-0.4, -0.2) is 88.6 Å². The van der Waals surface area contributed by atoms with Crippen molar-refractivity contribution in [2.45, 2.75) is 42.5 Å². The van der Waals surface area contributed by atoms with Gasteiger partial charge in [-0.3, -0.25) is 28.4 Å². The van der Waals surface area contributed by atoms with Gasteiger partial charge in [0.05, 0.1) is 0 Å². The zero-order chi connectivity index (χ0) is 27.5. The Morgan fingerprint density at radius 2 is 1.89 bits per heavy atom. The topological polar surface area (TPSA) is 277 Å². The van der Waals surface area contributed by atoms with Gasteiger partial charge >= 0.3 is 27.1 Å². The average Bonchev–Trinajstić information content (AvgIpc) is 2.75. The van der Waals surface area contributed by atoms with Gasteiger partial charge in [-0.05, 0) is 18.4 Å². The highest BCUT2D eigenvalue weighted by molar-refractivity contribution is 8.00. The smallest absolute Gasteiger partial charge is 0.352 e. The molecule has 0 bridgehead atoms. The van der Waals surface area contributed by atoms with Crippen molar-refractivity contribution in [1.29, 1.82) is 0 Å². The Labute approximate surface area is 207 Å². The largest absolute Gasteiger partial charge is 0.477 e. The lowest BCUT2D eigenvalue weighted by Gasteiger charge is -2.53. The van der Waals surface area contributed by atoms with E-state index in [0.29, 0.717) is 0 Å². The van der Waals surface area contributed by atoms with E-state index in [1.54, 1.807) is 0 Å². The van der Waals surface area contributed by atoms with E-state index in [9.17, 15) is 33.4 Å². The minimum atomic E-state index is -5.09. The molecule has 0 aliphatic carbocycles. The van der Waals surface area contributed by atoms with E-state index in [0.717, 1.165) is 23.6 Å². The number of azide groups is 1. The second-order valence-electron chi connectivity index (χ2n) is 7.74. The van der Waals surface area contributed by atoms with Crippen LogP contribution in [0.3, 0.4) is 0 Å². The van der Waals surface area contributed by atoms with Gasteiger partial charge in [0, 0.05) is 29.7 Å². The van der Waals surface area contributed by atoms with Crippen molar-refractivity contribution in [3.63, 3.8) is 0 Å². The SMILES string of the molecule is CC(=O)OCC1=C(C(=O)O)N2C(=O)C(N=[N+]=[N-])(C(=O)NCCCCC(P(=O)(O)O)P(=O)(O)O)[C@H]2SC1. The number of rotatable bonds is 12. The molecular weight excluding hydrogens is 548 g/mol. The number of hydrogen-bond donors (Lipinski definition) is 6. The third kappa shape index (κ3) is 6.10. The fourth-order valence-electron chi connectivity index (χ4n) is 3.64. The van der Waals surface area contributed by atoms with Crippen LogP contribution in [0.15, 0.2) is 16.4 Å². The van der Waals surface area contributed by atoms with Gasteiger partial charge in [0.1, 0.15) is 17.7 Å². The second-order valence-corrected chi connectivity index (χ2v) is 12.8. The number of hydrogen-bond acceptors (Lipinski definition) is 9. The summed E-state index contributed by atoms with van der Waals surface area (Å²) in [5.41, 5.74) is 6.28. The van der Waals surface area contributed by atoms with Gasteiger partial charge in [-0.25, -0.2) is 4.79 Å². The number of carboxylic acids is 1. The number of ether oxygens (including phenoxy) is 1. The summed E-state index contributed by atoms with van der Waals surface area (Å²) >= 11 is 0.920. The number of unbranched alkanes of at least 4 members (excludes halogenated alkanes) is 1. The zero-order valence-corrected chi connectivity index (χ0v) is 21.2. The highest BCUT2D eigenvalue weighted by atomic mass is 32.2. The van der Waals surface area contributed by atoms with E-state index in [1.807, 2.05) is 0 Å². The maximum atomic E-state index is 13.0. The number of amides is 2. The lowest BCUT2D eigenvalue weighted by Crippen LogP contribution is -2.77. The van der Waals surface area contributed by atoms with E-state index in [1.165, 1.54) is 0 Å². The van der Waals surface area contributed by atoms with Crippen molar-refractivity contribution < 1.29 is 57.7 Å². The molecule has 2 atom stereocenters. The first kappa shape index (κ1) is 29.8. The first-order valence-electron chi connectivity index (χ1n) is 10.1. The van der Waals surface area contributed by atoms with Gasteiger partial charge in [-0.2, -0.15) is 0 Å². The van der Waals surface area contributed by atoms with Gasteiger partial charge in [0.2, 0.25) is 11.4 Å². The molecule has 1 fully saturated rings. The number of nitrogens with zero attached hydrogens (tertiary/aromatic N) is 4. The Morgan fingerprint density at radius 3 is 2.39 bits per heavy atom. The van der Waals surface area contributed by atoms with Gasteiger partial charge in [-0.1, -0.05) is 11.5 Å². The van der Waals surface area contributed by atoms with Gasteiger partial charge < -0.3 is 34.7 Å². The Morgan fingerprint density at radius 1 is 1.28 bits per heavy atom. The maximum absolute atomic E-state index is 13.0. The highest BCUT2D eigenvalue weighted by Crippen LogP contribution is 2.61. The van der Waals surface area contributed by atoms with E-state index in [-0.39, 0.29) is 30.7 Å². The summed E-state index contributed by atoms with van der Waals surface area (Å²) in [4.78, 5) is 88.6. The minimum Gasteiger partial charge on any atom is -0.477 e. The van der Waals surface area contributed by atoms with Gasteiger partial charge in [0.25, 0.3) is 5.91 Å². The summed E-state index contributed by atoms with van der Waals surface area (Å²) in [5.74, 6) is -4.41. The normalized spacial score (nSPS) is 21.9. The first-order chi connectivity index (χ1) is 16.6. The number of β-lactam (4-membered cyclic amide) rings is 1. The lowest BCUT2D eigenvalue weighted by molar-refractivity contribution is -0.160. The predicted molar refractivity (Wildman–Crippen MR) is 121 cm³/mol. The molecule has 2 aliphatic rings. The van der Waals surface area contributed by atoms with Crippen LogP contribution in [0.2, 0.25) is 0 Å². The molecule has 17 nitrogen and oxygen atoms in total. The van der Waals surface area contributed by atoms with Crippen molar-refractivity contribution >= 4 is 50.7 Å². The molecule has 0 radical (unpaired) electrons. The van der Waals surface area contributed by atoms with Gasteiger partial charge in [0.15, 0.2) is 5.40 Å². The summed E-state index contributed by atoms with van der Waals surface area (Å²) in [6, 6.07) is 0. The molecule has 0 spiro atoms. The van der Waals surface area contributed by atoms with E-state index in [2.05, 4.69) is 15.3 Å². The molecule has 2 aliphatic heterocycles. The molecule has 20 heteroatoms. The van der Waals surface area contributed by atoms with Crippen LogP contribution in [0.4, 0.5) is 0 Å². The average molecular weight is 571 g/mol. The molecule has 0 aromatic rings. The molecule has 0 aromatic carbocycles. The van der Waals surface area contributed by atoms with Crippen molar-refractivity contribution in [3.05, 3.63) is 21.7 Å². The number of aliphatic carboxylic acids is 1. The number of thioether (sulfide) groups is 1. The molecule has 2 rings (SSSR count). The molecule has 2 heterocycles. The van der Waals surface area contributed by atoms with E-state index >= 15 is 0 Å². The molecule has 6 N–H and O–H groups in total. The minimum absolute atomic E-state index is 0.00286. The third-order valence-electron chi connectivity index (χ3n) is 5.28. The molecule has 36 heavy (non-hydrogen) atoms. The molecule has 200 valence electrons. The molecular formula is C16H23N5O12P2S. The number of fused-ring (bicyclic) bond motifs is 1. The highest BCUT2D eigenvalue weighted by Gasteiger charge is 2.69. The number of esters is 1. The van der Waals surface area contributed by atoms with Crippen LogP contribution >= 0.6 is 27.0 Å². The predicted octanol–water partition coefficient (Wildman–Crippen LogP) is -0.180. The van der Waals surface area contributed by atoms with Gasteiger partial charge in [-0.15, -0.1) is 11.8 Å². The monoisotopic (exact) mass is 571 g/mol. The number of nitrogens with one attached hydrogen (secondary N) is 1. The third-order valence-corrected chi connectivity index (χ3v) is 10.5. The van der Waals surface area contributed by atoms with Crippen LogP contribution in [0.1, 0.15) is 26.2 Å². The van der Waals surface area contributed by atoms with Crippen molar-refractivity contribution in [2.75, 3.05) is 18.9 Å². The fraction of sp³-hybridized carbons (Fsp3) is 0.625. The second kappa shape index (κ2) is 11.3. The maximum Gasteiger partial charge on any atom is 0.352 e. The standard InChI is InChI=1S/C16H23N5O12P2S/c1-8(22)33-6-9-7-36-15-16(19-20-17,14(26)21(15)11(9)12(23)24)13(25)18-5-3-2-4-10(34(27,28)29)35(30,31)32/h10,15H,2-7H2,1H3,(H,18,25)(H,23,24)(H2,27,28,29)(H2,30,31,32)/t15-,16?/m1/s1. The Kier molecular flexibility index (Phi) is 9.37. The van der Waals surface area contributed by atoms with Crippen molar-refractivity contribution in [1.82, 2.24) is 10.2 Å². The van der Waals surface area contributed by atoms with Crippen LogP contribution in [0, 0.1) is 0 Å². The molecule has 1 unspecified atom stereocenters. The Balaban J connectivity index is 2.12. The summed E-state index contributed by atoms with van der Waals surface area (Å²) < 4.78 is 27.4. The van der Waals surface area contributed by atoms with Crippen LogP contribution < -0.4 is 5.32 Å². The Hall–Kier alpha value is -2.42. The van der Waals surface area contributed by atoms with E-state index in [4.69, 9.17) is 29.8 Å². The fourth-order valence-corrected chi connectivity index (χ4v) is 7.67. The summed E-state index contributed by atoms with van der Waals surface area (Å²) in [5, 5.41) is 11.9. The number of carbonyl (C=O) groups excluding carboxylic acids is 3.